The predicted molar refractivity (Wildman–Crippen MR) is 100 cm³/mol. The molecule has 0 saturated carbocycles. The smallest absolute Gasteiger partial charge is 0.274 e. The minimum Gasteiger partial charge on any atom is -0.352 e. The van der Waals surface area contributed by atoms with Gasteiger partial charge in [-0.3, -0.25) is 14.6 Å². The van der Waals surface area contributed by atoms with Crippen molar-refractivity contribution in [1.82, 2.24) is 10.3 Å². The van der Waals surface area contributed by atoms with Crippen molar-refractivity contribution in [3.05, 3.63) is 58.4 Å². The van der Waals surface area contributed by atoms with Crippen LogP contribution in [-0.2, 0) is 0 Å². The fraction of sp³-hybridized carbons (Fsp3) is 0.316. The average molecular weight is 360 g/mol. The first kappa shape index (κ1) is 18.9. The fourth-order valence-corrected chi connectivity index (χ4v) is 2.36. The summed E-state index contributed by atoms with van der Waals surface area (Å²) in [6.07, 6.45) is 2.36. The average Bonchev–Trinajstić information content (AvgIpc) is 2.57. The number of rotatable bonds is 6. The third-order valence-corrected chi connectivity index (χ3v) is 3.94. The molecule has 1 aromatic heterocycles. The van der Waals surface area contributed by atoms with Gasteiger partial charge in [0.05, 0.1) is 0 Å². The van der Waals surface area contributed by atoms with Crippen LogP contribution in [0.2, 0.25) is 5.02 Å². The molecule has 2 aromatic rings. The second kappa shape index (κ2) is 8.62. The quantitative estimate of drug-likeness (QED) is 0.816. The van der Waals surface area contributed by atoms with Crippen LogP contribution in [0.1, 0.15) is 46.7 Å². The molecule has 0 radical (unpaired) electrons. The van der Waals surface area contributed by atoms with Gasteiger partial charge in [-0.05, 0) is 49.1 Å². The number of amides is 2. The van der Waals surface area contributed by atoms with E-state index in [0.717, 1.165) is 12.0 Å². The zero-order valence-electron chi connectivity index (χ0n) is 14.6. The molecule has 132 valence electrons. The van der Waals surface area contributed by atoms with Crippen molar-refractivity contribution in [3.63, 3.8) is 0 Å². The van der Waals surface area contributed by atoms with Gasteiger partial charge in [-0.25, -0.2) is 0 Å². The molecule has 25 heavy (non-hydrogen) atoms. The number of aryl methyl sites for hydroxylation is 1. The first-order valence-electron chi connectivity index (χ1n) is 8.18. The van der Waals surface area contributed by atoms with Crippen molar-refractivity contribution in [1.29, 1.82) is 0 Å². The summed E-state index contributed by atoms with van der Waals surface area (Å²) in [5.74, 6) is -0.0850. The van der Waals surface area contributed by atoms with Crippen LogP contribution >= 0.6 is 11.6 Å². The van der Waals surface area contributed by atoms with Crippen LogP contribution in [0.25, 0.3) is 0 Å². The molecule has 0 bridgehead atoms. The van der Waals surface area contributed by atoms with Gasteiger partial charge in [0.1, 0.15) is 5.69 Å². The Labute approximate surface area is 152 Å². The number of hydrogen-bond donors (Lipinski definition) is 2. The maximum Gasteiger partial charge on any atom is 0.274 e. The summed E-state index contributed by atoms with van der Waals surface area (Å²) < 4.78 is 0. The topological polar surface area (TPSA) is 71.1 Å². The van der Waals surface area contributed by atoms with E-state index in [9.17, 15) is 9.59 Å². The number of hydrogen-bond acceptors (Lipinski definition) is 3. The number of nitrogens with zero attached hydrogens (tertiary/aromatic N) is 1. The van der Waals surface area contributed by atoms with E-state index < -0.39 is 0 Å². The molecule has 2 amide bonds. The number of aromatic nitrogens is 1. The van der Waals surface area contributed by atoms with Gasteiger partial charge in [-0.15, -0.1) is 0 Å². The van der Waals surface area contributed by atoms with Crippen LogP contribution in [0.4, 0.5) is 5.69 Å². The summed E-state index contributed by atoms with van der Waals surface area (Å²) in [7, 11) is 0. The summed E-state index contributed by atoms with van der Waals surface area (Å²) >= 11 is 5.96. The van der Waals surface area contributed by atoms with E-state index in [0.29, 0.717) is 28.7 Å². The third-order valence-electron chi connectivity index (χ3n) is 3.71. The largest absolute Gasteiger partial charge is 0.352 e. The lowest BCUT2D eigenvalue weighted by Gasteiger charge is -2.10. The van der Waals surface area contributed by atoms with Crippen LogP contribution in [0.15, 0.2) is 36.5 Å². The van der Waals surface area contributed by atoms with Crippen LogP contribution in [0.5, 0.6) is 0 Å². The zero-order valence-corrected chi connectivity index (χ0v) is 15.4. The molecule has 5 nitrogen and oxygen atoms in total. The van der Waals surface area contributed by atoms with E-state index >= 15 is 0 Å². The van der Waals surface area contributed by atoms with Crippen molar-refractivity contribution in [2.75, 3.05) is 11.9 Å². The van der Waals surface area contributed by atoms with Gasteiger partial charge in [0, 0.05) is 29.0 Å². The lowest BCUT2D eigenvalue weighted by atomic mass is 10.1. The molecular weight excluding hydrogens is 338 g/mol. The van der Waals surface area contributed by atoms with Crippen molar-refractivity contribution in [3.8, 4) is 0 Å². The monoisotopic (exact) mass is 359 g/mol. The number of carbonyl (C=O) groups is 2. The first-order chi connectivity index (χ1) is 11.9. The SMILES string of the molecule is Cc1ccc(Cl)cc1NC(=O)c1cc(C(=O)NCCC(C)C)ccn1. The fourth-order valence-electron chi connectivity index (χ4n) is 2.19. The van der Waals surface area contributed by atoms with E-state index in [2.05, 4.69) is 29.5 Å². The van der Waals surface area contributed by atoms with Gasteiger partial charge in [0.25, 0.3) is 11.8 Å². The summed E-state index contributed by atoms with van der Waals surface area (Å²) in [4.78, 5) is 28.6. The first-order valence-corrected chi connectivity index (χ1v) is 8.56. The lowest BCUT2D eigenvalue weighted by molar-refractivity contribution is 0.0952. The Morgan fingerprint density at radius 2 is 1.92 bits per heavy atom. The third kappa shape index (κ3) is 5.57. The van der Waals surface area contributed by atoms with Gasteiger partial charge in [0.15, 0.2) is 0 Å². The number of carbonyl (C=O) groups excluding carboxylic acids is 2. The number of benzene rings is 1. The minimum atomic E-state index is -0.387. The van der Waals surface area contributed by atoms with Crippen molar-refractivity contribution >= 4 is 29.1 Å². The Bertz CT molecular complexity index is 775. The van der Waals surface area contributed by atoms with Crippen LogP contribution < -0.4 is 10.6 Å². The van der Waals surface area contributed by atoms with Gasteiger partial charge in [0.2, 0.25) is 0 Å². The number of nitrogens with one attached hydrogen (secondary N) is 2. The predicted octanol–water partition coefficient (Wildman–Crippen LogP) is 4.07. The summed E-state index contributed by atoms with van der Waals surface area (Å²) in [6, 6.07) is 8.33. The van der Waals surface area contributed by atoms with Crippen molar-refractivity contribution in [2.45, 2.75) is 27.2 Å². The molecule has 1 heterocycles. The molecule has 2 N–H and O–H groups in total. The molecule has 0 aliphatic rings. The van der Waals surface area contributed by atoms with E-state index in [-0.39, 0.29) is 17.5 Å². The highest BCUT2D eigenvalue weighted by molar-refractivity contribution is 6.31. The maximum atomic E-state index is 12.4. The molecule has 0 saturated heterocycles. The second-order valence-corrected chi connectivity index (χ2v) is 6.72. The van der Waals surface area contributed by atoms with Gasteiger partial charge in [-0.2, -0.15) is 0 Å². The second-order valence-electron chi connectivity index (χ2n) is 6.28. The van der Waals surface area contributed by atoms with Crippen molar-refractivity contribution < 1.29 is 9.59 Å². The van der Waals surface area contributed by atoms with Gasteiger partial charge >= 0.3 is 0 Å². The van der Waals surface area contributed by atoms with E-state index in [4.69, 9.17) is 11.6 Å². The molecule has 0 aliphatic heterocycles. The van der Waals surface area contributed by atoms with Crippen LogP contribution in [0.3, 0.4) is 0 Å². The highest BCUT2D eigenvalue weighted by Crippen LogP contribution is 2.20. The highest BCUT2D eigenvalue weighted by atomic mass is 35.5. The molecule has 0 unspecified atom stereocenters. The zero-order chi connectivity index (χ0) is 18.4. The molecule has 6 heteroatoms. The Kier molecular flexibility index (Phi) is 6.53. The molecule has 2 rings (SSSR count). The highest BCUT2D eigenvalue weighted by Gasteiger charge is 2.13. The van der Waals surface area contributed by atoms with E-state index in [1.165, 1.54) is 12.3 Å². The summed E-state index contributed by atoms with van der Waals surface area (Å²) in [5, 5.41) is 6.16. The standard InChI is InChI=1S/C19H22ClN3O2/c1-12(2)6-8-22-18(24)14-7-9-21-17(10-14)19(25)23-16-11-15(20)5-4-13(16)3/h4-5,7,9-12H,6,8H2,1-3H3,(H,22,24)(H,23,25). The normalized spacial score (nSPS) is 10.6. The van der Waals surface area contributed by atoms with Crippen LogP contribution in [-0.4, -0.2) is 23.3 Å². The number of pyridine rings is 1. The Morgan fingerprint density at radius 1 is 1.16 bits per heavy atom. The molecule has 0 fully saturated rings. The number of halogens is 1. The minimum absolute atomic E-state index is 0.177. The van der Waals surface area contributed by atoms with Gasteiger partial charge < -0.3 is 10.6 Å². The Hall–Kier alpha value is -2.40. The van der Waals surface area contributed by atoms with Crippen molar-refractivity contribution in [2.24, 2.45) is 5.92 Å². The Balaban J connectivity index is 2.08. The molecule has 1 aromatic carbocycles. The molecule has 0 aliphatic carbocycles. The van der Waals surface area contributed by atoms with Gasteiger partial charge in [-0.1, -0.05) is 31.5 Å². The molecule has 0 atom stereocenters. The van der Waals surface area contributed by atoms with Crippen LogP contribution in [0, 0.1) is 12.8 Å². The maximum absolute atomic E-state index is 12.4. The molecule has 0 spiro atoms. The summed E-state index contributed by atoms with van der Waals surface area (Å²) in [6.45, 7) is 6.66. The lowest BCUT2D eigenvalue weighted by Crippen LogP contribution is -2.26. The Morgan fingerprint density at radius 3 is 2.64 bits per heavy atom. The molecular formula is C19H22ClN3O2. The summed E-state index contributed by atoms with van der Waals surface area (Å²) in [5.41, 5.74) is 2.09. The number of anilines is 1. The van der Waals surface area contributed by atoms with E-state index in [1.807, 2.05) is 13.0 Å². The van der Waals surface area contributed by atoms with E-state index in [1.54, 1.807) is 18.2 Å².